The van der Waals surface area contributed by atoms with Gasteiger partial charge in [0, 0.05) is 19.2 Å². The van der Waals surface area contributed by atoms with Crippen molar-refractivity contribution >= 4 is 5.90 Å². The van der Waals surface area contributed by atoms with Crippen LogP contribution in [0, 0.1) is 5.41 Å². The molecule has 0 saturated carbocycles. The fourth-order valence-corrected chi connectivity index (χ4v) is 0.810. The molecule has 4 heteroatoms. The molecule has 0 aromatic carbocycles. The Bertz CT molecular complexity index is 262. The summed E-state index contributed by atoms with van der Waals surface area (Å²) >= 11 is 0. The zero-order chi connectivity index (χ0) is 9.52. The molecular weight excluding hydrogens is 168 g/mol. The van der Waals surface area contributed by atoms with Crippen molar-refractivity contribution < 1.29 is 9.84 Å². The third kappa shape index (κ3) is 3.21. The number of ether oxygens (including phenoxy) is 1. The van der Waals surface area contributed by atoms with Crippen LogP contribution in [0.25, 0.3) is 0 Å². The Morgan fingerprint density at radius 1 is 1.54 bits per heavy atom. The van der Waals surface area contributed by atoms with Crippen LogP contribution < -0.4 is 0 Å². The van der Waals surface area contributed by atoms with Gasteiger partial charge in [-0.1, -0.05) is 6.07 Å². The lowest BCUT2D eigenvalue weighted by Crippen LogP contribution is -2.08. The summed E-state index contributed by atoms with van der Waals surface area (Å²) in [6.07, 6.45) is 2.15. The normalized spacial score (nSPS) is 9.62. The molecule has 0 atom stereocenters. The molecule has 0 amide bonds. The van der Waals surface area contributed by atoms with E-state index in [4.69, 9.17) is 15.3 Å². The van der Waals surface area contributed by atoms with Crippen LogP contribution in [0.1, 0.15) is 12.1 Å². The lowest BCUT2D eigenvalue weighted by atomic mass is 10.3. The molecule has 1 aromatic rings. The number of aliphatic hydroxyl groups excluding tert-OH is 1. The van der Waals surface area contributed by atoms with Crippen LogP contribution in [0.4, 0.5) is 0 Å². The van der Waals surface area contributed by atoms with Gasteiger partial charge in [-0.3, -0.25) is 10.4 Å². The van der Waals surface area contributed by atoms with Crippen molar-refractivity contribution in [2.75, 3.05) is 13.2 Å². The Labute approximate surface area is 76.7 Å². The van der Waals surface area contributed by atoms with Crippen LogP contribution in [-0.4, -0.2) is 29.2 Å². The molecule has 13 heavy (non-hydrogen) atoms. The number of hydrogen-bond acceptors (Lipinski definition) is 4. The second-order valence-corrected chi connectivity index (χ2v) is 2.47. The van der Waals surface area contributed by atoms with E-state index in [0.717, 1.165) is 0 Å². The third-order valence-corrected chi connectivity index (χ3v) is 1.45. The zero-order valence-electron chi connectivity index (χ0n) is 7.23. The average molecular weight is 180 g/mol. The van der Waals surface area contributed by atoms with Crippen molar-refractivity contribution in [1.29, 1.82) is 5.41 Å². The minimum Gasteiger partial charge on any atom is -0.476 e. The molecule has 1 aromatic heterocycles. The van der Waals surface area contributed by atoms with E-state index in [1.54, 1.807) is 24.4 Å². The highest BCUT2D eigenvalue weighted by molar-refractivity contribution is 5.89. The van der Waals surface area contributed by atoms with E-state index in [0.29, 0.717) is 18.7 Å². The summed E-state index contributed by atoms with van der Waals surface area (Å²) in [6, 6.07) is 5.29. The van der Waals surface area contributed by atoms with Gasteiger partial charge in [0.05, 0.1) is 6.61 Å². The number of aliphatic hydroxyl groups is 1. The lowest BCUT2D eigenvalue weighted by molar-refractivity contribution is 0.226. The predicted molar refractivity (Wildman–Crippen MR) is 48.7 cm³/mol. The van der Waals surface area contributed by atoms with Crippen molar-refractivity contribution in [3.63, 3.8) is 0 Å². The maximum atomic E-state index is 8.48. The fourth-order valence-electron chi connectivity index (χ4n) is 0.810. The molecule has 0 unspecified atom stereocenters. The predicted octanol–water partition coefficient (Wildman–Crippen LogP) is 0.806. The number of pyridine rings is 1. The summed E-state index contributed by atoms with van der Waals surface area (Å²) in [5.41, 5.74) is 0.514. The van der Waals surface area contributed by atoms with Crippen molar-refractivity contribution in [2.24, 2.45) is 0 Å². The SMILES string of the molecule is N=C(OCCCO)c1ccccn1. The molecule has 0 spiro atoms. The van der Waals surface area contributed by atoms with Gasteiger partial charge in [-0.05, 0) is 12.1 Å². The van der Waals surface area contributed by atoms with Crippen LogP contribution >= 0.6 is 0 Å². The molecule has 0 bridgehead atoms. The Balaban J connectivity index is 2.40. The molecule has 70 valence electrons. The number of nitrogens with one attached hydrogen (secondary N) is 1. The molecule has 1 heterocycles. The molecule has 0 aliphatic heterocycles. The quantitative estimate of drug-likeness (QED) is 0.409. The molecule has 0 aliphatic rings. The first kappa shape index (κ1) is 9.67. The van der Waals surface area contributed by atoms with E-state index in [2.05, 4.69) is 4.98 Å². The first-order valence-electron chi connectivity index (χ1n) is 4.08. The highest BCUT2D eigenvalue weighted by Gasteiger charge is 2.01. The van der Waals surface area contributed by atoms with Crippen LogP contribution in [0.15, 0.2) is 24.4 Å². The standard InChI is InChI=1S/C9H12N2O2/c10-9(13-7-3-6-12)8-4-1-2-5-11-8/h1-2,4-5,10,12H,3,6-7H2. The monoisotopic (exact) mass is 180 g/mol. The summed E-state index contributed by atoms with van der Waals surface area (Å²) in [7, 11) is 0. The third-order valence-electron chi connectivity index (χ3n) is 1.45. The van der Waals surface area contributed by atoms with Crippen molar-refractivity contribution in [3.05, 3.63) is 30.1 Å². The summed E-state index contributed by atoms with van der Waals surface area (Å²) in [5.74, 6) is 0.0500. The largest absolute Gasteiger partial charge is 0.476 e. The van der Waals surface area contributed by atoms with Crippen molar-refractivity contribution in [3.8, 4) is 0 Å². The van der Waals surface area contributed by atoms with E-state index >= 15 is 0 Å². The van der Waals surface area contributed by atoms with Gasteiger partial charge in [0.15, 0.2) is 0 Å². The average Bonchev–Trinajstić information content (AvgIpc) is 2.19. The molecule has 4 nitrogen and oxygen atoms in total. The van der Waals surface area contributed by atoms with Crippen LogP contribution in [-0.2, 0) is 4.74 Å². The van der Waals surface area contributed by atoms with Gasteiger partial charge in [0.25, 0.3) is 0 Å². The van der Waals surface area contributed by atoms with Gasteiger partial charge in [0.1, 0.15) is 5.69 Å². The first-order chi connectivity index (χ1) is 6.34. The molecule has 0 radical (unpaired) electrons. The van der Waals surface area contributed by atoms with Crippen molar-refractivity contribution in [1.82, 2.24) is 4.98 Å². The Hall–Kier alpha value is -1.42. The van der Waals surface area contributed by atoms with E-state index < -0.39 is 0 Å². The molecule has 1 rings (SSSR count). The lowest BCUT2D eigenvalue weighted by Gasteiger charge is -2.04. The van der Waals surface area contributed by atoms with Crippen LogP contribution in [0.3, 0.4) is 0 Å². The van der Waals surface area contributed by atoms with E-state index in [1.807, 2.05) is 0 Å². The van der Waals surface area contributed by atoms with Gasteiger partial charge in [-0.15, -0.1) is 0 Å². The smallest absolute Gasteiger partial charge is 0.232 e. The fraction of sp³-hybridized carbons (Fsp3) is 0.333. The Morgan fingerprint density at radius 3 is 3.00 bits per heavy atom. The Morgan fingerprint density at radius 2 is 2.38 bits per heavy atom. The number of nitrogens with zero attached hydrogens (tertiary/aromatic N) is 1. The molecular formula is C9H12N2O2. The van der Waals surface area contributed by atoms with Gasteiger partial charge < -0.3 is 9.84 Å². The van der Waals surface area contributed by atoms with Gasteiger partial charge in [-0.2, -0.15) is 0 Å². The maximum absolute atomic E-state index is 8.48. The molecule has 0 fully saturated rings. The van der Waals surface area contributed by atoms with Crippen LogP contribution in [0.5, 0.6) is 0 Å². The van der Waals surface area contributed by atoms with Gasteiger partial charge in [0.2, 0.25) is 5.90 Å². The first-order valence-corrected chi connectivity index (χ1v) is 4.08. The summed E-state index contributed by atoms with van der Waals surface area (Å²) in [6.45, 7) is 0.432. The minimum atomic E-state index is 0.0500. The topological polar surface area (TPSA) is 66.2 Å². The summed E-state index contributed by atoms with van der Waals surface area (Å²) < 4.78 is 5.03. The summed E-state index contributed by atoms with van der Waals surface area (Å²) in [4.78, 5) is 3.95. The molecule has 0 aliphatic carbocycles. The Kier molecular flexibility index (Phi) is 3.92. The van der Waals surface area contributed by atoms with E-state index in [1.165, 1.54) is 0 Å². The highest BCUT2D eigenvalue weighted by Crippen LogP contribution is 1.96. The zero-order valence-corrected chi connectivity index (χ0v) is 7.23. The van der Waals surface area contributed by atoms with Gasteiger partial charge >= 0.3 is 0 Å². The maximum Gasteiger partial charge on any atom is 0.232 e. The van der Waals surface area contributed by atoms with E-state index in [9.17, 15) is 0 Å². The van der Waals surface area contributed by atoms with Crippen LogP contribution in [0.2, 0.25) is 0 Å². The van der Waals surface area contributed by atoms with Crippen molar-refractivity contribution in [2.45, 2.75) is 6.42 Å². The number of aromatic nitrogens is 1. The second-order valence-electron chi connectivity index (χ2n) is 2.47. The summed E-state index contributed by atoms with van der Waals surface area (Å²) in [5, 5.41) is 15.9. The molecule has 2 N–H and O–H groups in total. The van der Waals surface area contributed by atoms with Gasteiger partial charge in [-0.25, -0.2) is 0 Å². The second kappa shape index (κ2) is 5.27. The number of rotatable bonds is 4. The molecule has 0 saturated heterocycles. The number of hydrogen-bond donors (Lipinski definition) is 2. The van der Waals surface area contributed by atoms with E-state index in [-0.39, 0.29) is 12.5 Å². The minimum absolute atomic E-state index is 0.0500. The highest BCUT2D eigenvalue weighted by atomic mass is 16.5.